The Morgan fingerprint density at radius 1 is 1.41 bits per heavy atom. The van der Waals surface area contributed by atoms with Crippen molar-refractivity contribution >= 4 is 33.3 Å². The molecule has 4 heteroatoms. The van der Waals surface area contributed by atoms with Crippen LogP contribution in [0.5, 0.6) is 0 Å². The topological polar surface area (TPSA) is 37.4 Å². The maximum Gasteiger partial charge on any atom is 0.227 e. The first-order chi connectivity index (χ1) is 8.08. The number of hydrogen-bond donors (Lipinski definition) is 0. The summed E-state index contributed by atoms with van der Waals surface area (Å²) in [4.78, 5) is 24.6. The maximum absolute atomic E-state index is 11.9. The van der Waals surface area contributed by atoms with Crippen molar-refractivity contribution in [3.05, 3.63) is 28.2 Å². The van der Waals surface area contributed by atoms with Crippen LogP contribution in [-0.2, 0) is 16.0 Å². The van der Waals surface area contributed by atoms with Crippen molar-refractivity contribution in [1.29, 1.82) is 0 Å². The van der Waals surface area contributed by atoms with Gasteiger partial charge in [-0.2, -0.15) is 0 Å². The van der Waals surface area contributed by atoms with E-state index >= 15 is 0 Å². The van der Waals surface area contributed by atoms with Gasteiger partial charge < -0.3 is 4.90 Å². The Bertz CT molecular complexity index is 470. The van der Waals surface area contributed by atoms with Gasteiger partial charge in [-0.3, -0.25) is 9.59 Å². The van der Waals surface area contributed by atoms with Crippen LogP contribution in [0.4, 0.5) is 5.69 Å². The first-order valence-electron chi connectivity index (χ1n) is 5.66. The monoisotopic (exact) mass is 295 g/mol. The quantitative estimate of drug-likeness (QED) is 0.860. The average molecular weight is 296 g/mol. The normalized spacial score (nSPS) is 14.7. The van der Waals surface area contributed by atoms with E-state index in [0.717, 1.165) is 16.6 Å². The molecule has 1 aliphatic rings. The second-order valence-electron chi connectivity index (χ2n) is 4.27. The highest BCUT2D eigenvalue weighted by Crippen LogP contribution is 2.30. The predicted molar refractivity (Wildman–Crippen MR) is 70.1 cm³/mol. The minimum atomic E-state index is 0.112. The molecule has 0 fully saturated rings. The number of carbonyl (C=O) groups is 2. The fraction of sp³-hybridized carbons (Fsp3) is 0.385. The van der Waals surface area contributed by atoms with Crippen molar-refractivity contribution in [2.45, 2.75) is 26.2 Å². The zero-order chi connectivity index (χ0) is 12.4. The number of benzene rings is 1. The van der Waals surface area contributed by atoms with Crippen molar-refractivity contribution in [3.63, 3.8) is 0 Å². The third-order valence-electron chi connectivity index (χ3n) is 2.93. The molecule has 1 heterocycles. The highest BCUT2D eigenvalue weighted by Gasteiger charge is 2.23. The molecule has 1 aromatic carbocycles. The van der Waals surface area contributed by atoms with Crippen LogP contribution in [-0.4, -0.2) is 18.2 Å². The molecule has 0 saturated carbocycles. The van der Waals surface area contributed by atoms with E-state index in [2.05, 4.69) is 15.9 Å². The van der Waals surface area contributed by atoms with Crippen LogP contribution in [0, 0.1) is 0 Å². The standard InChI is InChI=1S/C13H14BrNO2/c1-9(16)6-7-15-12-4-3-11(14)8-10(12)2-5-13(15)17/h3-4,8H,2,5-7H2,1H3. The third-order valence-corrected chi connectivity index (χ3v) is 3.42. The summed E-state index contributed by atoms with van der Waals surface area (Å²) in [5.74, 6) is 0.225. The molecular weight excluding hydrogens is 282 g/mol. The van der Waals surface area contributed by atoms with E-state index in [9.17, 15) is 9.59 Å². The predicted octanol–water partition coefficient (Wildman–Crippen LogP) is 2.71. The molecule has 3 nitrogen and oxygen atoms in total. The number of anilines is 1. The molecule has 0 bridgehead atoms. The van der Waals surface area contributed by atoms with Crippen LogP contribution in [0.2, 0.25) is 0 Å². The minimum Gasteiger partial charge on any atom is -0.312 e. The lowest BCUT2D eigenvalue weighted by molar-refractivity contribution is -0.119. The molecule has 1 aromatic rings. The number of fused-ring (bicyclic) bond motifs is 1. The second-order valence-corrected chi connectivity index (χ2v) is 5.19. The maximum atomic E-state index is 11.9. The van der Waals surface area contributed by atoms with Crippen LogP contribution >= 0.6 is 15.9 Å². The minimum absolute atomic E-state index is 0.112. The molecule has 0 N–H and O–H groups in total. The summed E-state index contributed by atoms with van der Waals surface area (Å²) in [7, 11) is 0. The van der Waals surface area contributed by atoms with Crippen molar-refractivity contribution in [2.24, 2.45) is 0 Å². The molecule has 0 unspecified atom stereocenters. The van der Waals surface area contributed by atoms with Gasteiger partial charge in [0.1, 0.15) is 5.78 Å². The first kappa shape index (κ1) is 12.3. The molecule has 1 amide bonds. The number of aryl methyl sites for hydroxylation is 1. The molecule has 2 rings (SSSR count). The fourth-order valence-corrected chi connectivity index (χ4v) is 2.45. The Labute approximate surface area is 109 Å². The van der Waals surface area contributed by atoms with Crippen LogP contribution in [0.3, 0.4) is 0 Å². The molecule has 0 atom stereocenters. The first-order valence-corrected chi connectivity index (χ1v) is 6.45. The Morgan fingerprint density at radius 2 is 2.18 bits per heavy atom. The number of amides is 1. The molecule has 0 aliphatic carbocycles. The number of rotatable bonds is 3. The molecule has 0 radical (unpaired) electrons. The van der Waals surface area contributed by atoms with Gasteiger partial charge in [-0.1, -0.05) is 15.9 Å². The van der Waals surface area contributed by atoms with E-state index < -0.39 is 0 Å². The summed E-state index contributed by atoms with van der Waals surface area (Å²) < 4.78 is 1.03. The molecule has 0 spiro atoms. The smallest absolute Gasteiger partial charge is 0.227 e. The fourth-order valence-electron chi connectivity index (χ4n) is 2.04. The van der Waals surface area contributed by atoms with Gasteiger partial charge >= 0.3 is 0 Å². The Hall–Kier alpha value is -1.16. The average Bonchev–Trinajstić information content (AvgIpc) is 2.27. The van der Waals surface area contributed by atoms with E-state index in [1.165, 1.54) is 5.56 Å². The number of ketones is 1. The van der Waals surface area contributed by atoms with Crippen molar-refractivity contribution in [3.8, 4) is 0 Å². The van der Waals surface area contributed by atoms with E-state index in [4.69, 9.17) is 0 Å². The summed E-state index contributed by atoms with van der Waals surface area (Å²) in [6, 6.07) is 5.91. The molecule has 1 aliphatic heterocycles. The zero-order valence-corrected chi connectivity index (χ0v) is 11.3. The van der Waals surface area contributed by atoms with Crippen molar-refractivity contribution < 1.29 is 9.59 Å². The number of nitrogens with zero attached hydrogens (tertiary/aromatic N) is 1. The lowest BCUT2D eigenvalue weighted by Gasteiger charge is -2.29. The summed E-state index contributed by atoms with van der Waals surface area (Å²) in [5, 5.41) is 0. The van der Waals surface area contributed by atoms with Gasteiger partial charge in [-0.25, -0.2) is 0 Å². The van der Waals surface area contributed by atoms with Crippen molar-refractivity contribution in [2.75, 3.05) is 11.4 Å². The summed E-state index contributed by atoms with van der Waals surface area (Å²) in [6.07, 6.45) is 1.73. The lowest BCUT2D eigenvalue weighted by Crippen LogP contribution is -2.36. The van der Waals surface area contributed by atoms with Gasteiger partial charge in [0.2, 0.25) is 5.91 Å². The van der Waals surface area contributed by atoms with Crippen LogP contribution in [0.25, 0.3) is 0 Å². The van der Waals surface area contributed by atoms with Gasteiger partial charge in [0.05, 0.1) is 0 Å². The summed E-state index contributed by atoms with van der Waals surface area (Å²) in [6.45, 7) is 2.04. The van der Waals surface area contributed by atoms with Gasteiger partial charge in [0.25, 0.3) is 0 Å². The molecule has 17 heavy (non-hydrogen) atoms. The highest BCUT2D eigenvalue weighted by atomic mass is 79.9. The summed E-state index contributed by atoms with van der Waals surface area (Å²) >= 11 is 3.43. The van der Waals surface area contributed by atoms with E-state index in [1.807, 2.05) is 18.2 Å². The number of carbonyl (C=O) groups excluding carboxylic acids is 2. The van der Waals surface area contributed by atoms with Crippen molar-refractivity contribution in [1.82, 2.24) is 0 Å². The number of Topliss-reactive ketones (excluding diaryl/α,β-unsaturated/α-hetero) is 1. The largest absolute Gasteiger partial charge is 0.312 e. The summed E-state index contributed by atoms with van der Waals surface area (Å²) in [5.41, 5.74) is 2.12. The van der Waals surface area contributed by atoms with E-state index in [-0.39, 0.29) is 11.7 Å². The lowest BCUT2D eigenvalue weighted by atomic mass is 10.0. The Balaban J connectivity index is 2.27. The molecule has 90 valence electrons. The number of halogens is 1. The van der Waals surface area contributed by atoms with Crippen LogP contribution < -0.4 is 4.90 Å². The van der Waals surface area contributed by atoms with Gasteiger partial charge in [0, 0.05) is 29.5 Å². The highest BCUT2D eigenvalue weighted by molar-refractivity contribution is 9.10. The molecule has 0 saturated heterocycles. The second kappa shape index (κ2) is 5.00. The molecule has 0 aromatic heterocycles. The van der Waals surface area contributed by atoms with E-state index in [1.54, 1.807) is 11.8 Å². The Morgan fingerprint density at radius 3 is 2.88 bits per heavy atom. The SMILES string of the molecule is CC(=O)CCN1C(=O)CCc2cc(Br)ccc21. The van der Waals surface area contributed by atoms with Gasteiger partial charge in [-0.15, -0.1) is 0 Å². The zero-order valence-electron chi connectivity index (χ0n) is 9.70. The van der Waals surface area contributed by atoms with Crippen LogP contribution in [0.15, 0.2) is 22.7 Å². The number of hydrogen-bond acceptors (Lipinski definition) is 2. The van der Waals surface area contributed by atoms with Gasteiger partial charge in [-0.05, 0) is 37.1 Å². The van der Waals surface area contributed by atoms with Gasteiger partial charge in [0.15, 0.2) is 0 Å². The van der Waals surface area contributed by atoms with E-state index in [0.29, 0.717) is 19.4 Å². The third kappa shape index (κ3) is 2.75. The van der Waals surface area contributed by atoms with Crippen LogP contribution in [0.1, 0.15) is 25.3 Å². The Kier molecular flexibility index (Phi) is 3.62. The molecular formula is C13H14BrNO2.